The topological polar surface area (TPSA) is 88.8 Å². The second-order valence-electron chi connectivity index (χ2n) is 6.76. The van der Waals surface area contributed by atoms with Crippen molar-refractivity contribution >= 4 is 21.8 Å². The zero-order valence-electron chi connectivity index (χ0n) is 15.2. The fraction of sp³-hybridized carbons (Fsp3) is 0.263. The summed E-state index contributed by atoms with van der Waals surface area (Å²) >= 11 is 0. The molecular weight excluding hydrogens is 344 g/mol. The average Bonchev–Trinajstić information content (AvgIpc) is 3.17. The Kier molecular flexibility index (Phi) is 4.33. The molecule has 0 aromatic carbocycles. The van der Waals surface area contributed by atoms with Gasteiger partial charge in [-0.3, -0.25) is 19.3 Å². The van der Waals surface area contributed by atoms with E-state index in [0.29, 0.717) is 34.2 Å². The van der Waals surface area contributed by atoms with Gasteiger partial charge in [-0.1, -0.05) is 0 Å². The van der Waals surface area contributed by atoms with Crippen LogP contribution in [-0.4, -0.2) is 49.9 Å². The molecule has 0 fully saturated rings. The SMILES string of the molecule is CN(C)CCCn1ccc2nc3ccn(-c4ccn[nH]4)c(=O)c3cc2c1=O. The second-order valence-corrected chi connectivity index (χ2v) is 6.76. The number of fused-ring (bicyclic) bond motifs is 2. The Morgan fingerprint density at radius 2 is 1.78 bits per heavy atom. The molecule has 0 aliphatic carbocycles. The number of hydrogen-bond acceptors (Lipinski definition) is 5. The van der Waals surface area contributed by atoms with Crippen molar-refractivity contribution in [2.24, 2.45) is 0 Å². The van der Waals surface area contributed by atoms with Crippen LogP contribution >= 0.6 is 0 Å². The van der Waals surface area contributed by atoms with Crippen LogP contribution in [-0.2, 0) is 6.54 Å². The lowest BCUT2D eigenvalue weighted by Gasteiger charge is -2.11. The van der Waals surface area contributed by atoms with Crippen molar-refractivity contribution in [2.45, 2.75) is 13.0 Å². The molecule has 1 N–H and O–H groups in total. The molecule has 27 heavy (non-hydrogen) atoms. The number of aromatic amines is 1. The molecule has 0 atom stereocenters. The molecule has 0 saturated carbocycles. The molecular formula is C19H20N6O2. The first kappa shape index (κ1) is 17.2. The van der Waals surface area contributed by atoms with Crippen LogP contribution in [0.4, 0.5) is 0 Å². The van der Waals surface area contributed by atoms with Crippen LogP contribution < -0.4 is 11.1 Å². The fourth-order valence-corrected chi connectivity index (χ4v) is 3.17. The van der Waals surface area contributed by atoms with E-state index in [0.717, 1.165) is 13.0 Å². The molecule has 0 spiro atoms. The summed E-state index contributed by atoms with van der Waals surface area (Å²) in [7, 11) is 4.01. The van der Waals surface area contributed by atoms with E-state index in [9.17, 15) is 9.59 Å². The Morgan fingerprint density at radius 3 is 2.48 bits per heavy atom. The molecule has 138 valence electrons. The number of aryl methyl sites for hydroxylation is 1. The highest BCUT2D eigenvalue weighted by atomic mass is 16.1. The Bertz CT molecular complexity index is 1220. The van der Waals surface area contributed by atoms with Crippen LogP contribution in [0.25, 0.3) is 27.6 Å². The maximum absolute atomic E-state index is 12.9. The molecule has 0 saturated heterocycles. The van der Waals surface area contributed by atoms with Crippen molar-refractivity contribution in [2.75, 3.05) is 20.6 Å². The number of pyridine rings is 3. The Balaban J connectivity index is 1.84. The number of hydrogen-bond donors (Lipinski definition) is 1. The quantitative estimate of drug-likeness (QED) is 0.541. The fourth-order valence-electron chi connectivity index (χ4n) is 3.17. The average molecular weight is 364 g/mol. The first-order valence-corrected chi connectivity index (χ1v) is 8.74. The summed E-state index contributed by atoms with van der Waals surface area (Å²) in [6.45, 7) is 1.52. The first-order chi connectivity index (χ1) is 13.0. The van der Waals surface area contributed by atoms with E-state index in [4.69, 9.17) is 0 Å². The molecule has 4 heterocycles. The normalized spacial score (nSPS) is 11.7. The minimum absolute atomic E-state index is 0.128. The third-order valence-electron chi connectivity index (χ3n) is 4.57. The van der Waals surface area contributed by atoms with Gasteiger partial charge in [0.2, 0.25) is 0 Å². The predicted octanol–water partition coefficient (Wildman–Crippen LogP) is 1.38. The maximum Gasteiger partial charge on any atom is 0.265 e. The van der Waals surface area contributed by atoms with E-state index in [1.807, 2.05) is 20.2 Å². The van der Waals surface area contributed by atoms with Crippen LogP contribution in [0.15, 0.2) is 52.4 Å². The molecule has 0 aliphatic heterocycles. The minimum Gasteiger partial charge on any atom is -0.315 e. The summed E-state index contributed by atoms with van der Waals surface area (Å²) in [5, 5.41) is 7.51. The van der Waals surface area contributed by atoms with Gasteiger partial charge in [-0.05, 0) is 45.3 Å². The maximum atomic E-state index is 12.9. The molecule has 0 unspecified atom stereocenters. The van der Waals surface area contributed by atoms with E-state index >= 15 is 0 Å². The Morgan fingerprint density at radius 1 is 1.04 bits per heavy atom. The molecule has 0 amide bonds. The van der Waals surface area contributed by atoms with Crippen LogP contribution in [0.3, 0.4) is 0 Å². The first-order valence-electron chi connectivity index (χ1n) is 8.74. The second kappa shape index (κ2) is 6.81. The van der Waals surface area contributed by atoms with Crippen LogP contribution in [0.2, 0.25) is 0 Å². The van der Waals surface area contributed by atoms with Gasteiger partial charge in [-0.2, -0.15) is 5.10 Å². The Labute approximate surface area is 154 Å². The van der Waals surface area contributed by atoms with Gasteiger partial charge in [0.05, 0.1) is 28.0 Å². The van der Waals surface area contributed by atoms with E-state index < -0.39 is 0 Å². The third-order valence-corrected chi connectivity index (χ3v) is 4.57. The number of aromatic nitrogens is 5. The summed E-state index contributed by atoms with van der Waals surface area (Å²) in [4.78, 5) is 32.3. The lowest BCUT2D eigenvalue weighted by molar-refractivity contribution is 0.385. The largest absolute Gasteiger partial charge is 0.315 e. The van der Waals surface area contributed by atoms with Gasteiger partial charge >= 0.3 is 0 Å². The van der Waals surface area contributed by atoms with Crippen LogP contribution in [0.1, 0.15) is 6.42 Å². The van der Waals surface area contributed by atoms with E-state index in [2.05, 4.69) is 20.1 Å². The van der Waals surface area contributed by atoms with E-state index in [1.165, 1.54) is 4.57 Å². The van der Waals surface area contributed by atoms with Crippen LogP contribution in [0.5, 0.6) is 0 Å². The van der Waals surface area contributed by atoms with Gasteiger partial charge in [-0.15, -0.1) is 0 Å². The minimum atomic E-state index is -0.242. The molecule has 8 heteroatoms. The van der Waals surface area contributed by atoms with Crippen molar-refractivity contribution < 1.29 is 0 Å². The summed E-state index contributed by atoms with van der Waals surface area (Å²) in [6.07, 6.45) is 5.87. The van der Waals surface area contributed by atoms with Gasteiger partial charge in [0.25, 0.3) is 11.1 Å². The van der Waals surface area contributed by atoms with Gasteiger partial charge in [-0.25, -0.2) is 4.98 Å². The summed E-state index contributed by atoms with van der Waals surface area (Å²) in [6, 6.07) is 6.95. The van der Waals surface area contributed by atoms with Gasteiger partial charge < -0.3 is 9.47 Å². The van der Waals surface area contributed by atoms with E-state index in [-0.39, 0.29) is 11.1 Å². The van der Waals surface area contributed by atoms with Crippen molar-refractivity contribution in [3.63, 3.8) is 0 Å². The molecule has 0 aliphatic rings. The molecule has 0 radical (unpaired) electrons. The monoisotopic (exact) mass is 364 g/mol. The lowest BCUT2D eigenvalue weighted by Crippen LogP contribution is -2.23. The van der Waals surface area contributed by atoms with Gasteiger partial charge in [0, 0.05) is 25.0 Å². The number of rotatable bonds is 5. The molecule has 4 aromatic heterocycles. The Hall–Kier alpha value is -3.26. The molecule has 0 bridgehead atoms. The standard InChI is InChI=1S/C19H20N6O2/c1-23(2)8-3-9-24-10-5-15-13(18(24)26)12-14-16(21-15)6-11-25(19(14)27)17-4-7-20-22-17/h4-7,10-12H,3,8-9H2,1-2H3,(H,20,22). The third kappa shape index (κ3) is 3.15. The van der Waals surface area contributed by atoms with Crippen molar-refractivity contribution in [1.82, 2.24) is 29.2 Å². The predicted molar refractivity (Wildman–Crippen MR) is 104 cm³/mol. The van der Waals surface area contributed by atoms with Gasteiger partial charge in [0.15, 0.2) is 0 Å². The summed E-state index contributed by atoms with van der Waals surface area (Å²) < 4.78 is 3.14. The highest BCUT2D eigenvalue weighted by Gasteiger charge is 2.11. The van der Waals surface area contributed by atoms with Crippen molar-refractivity contribution in [3.05, 3.63) is 63.6 Å². The summed E-state index contributed by atoms with van der Waals surface area (Å²) in [5.41, 5.74) is 0.786. The molecule has 4 aromatic rings. The highest BCUT2D eigenvalue weighted by Crippen LogP contribution is 2.15. The van der Waals surface area contributed by atoms with Crippen molar-refractivity contribution in [3.8, 4) is 5.82 Å². The molecule has 8 nitrogen and oxygen atoms in total. The van der Waals surface area contributed by atoms with Crippen LogP contribution in [0, 0.1) is 0 Å². The lowest BCUT2D eigenvalue weighted by atomic mass is 10.2. The smallest absolute Gasteiger partial charge is 0.265 e. The zero-order chi connectivity index (χ0) is 19.0. The van der Waals surface area contributed by atoms with Gasteiger partial charge in [0.1, 0.15) is 5.82 Å². The summed E-state index contributed by atoms with van der Waals surface area (Å²) in [5.74, 6) is 0.566. The highest BCUT2D eigenvalue weighted by molar-refractivity contribution is 5.91. The van der Waals surface area contributed by atoms with Crippen molar-refractivity contribution in [1.29, 1.82) is 0 Å². The zero-order valence-corrected chi connectivity index (χ0v) is 15.2. The number of nitrogens with zero attached hydrogens (tertiary/aromatic N) is 5. The molecule has 4 rings (SSSR count). The number of H-pyrrole nitrogens is 1. The number of nitrogens with one attached hydrogen (secondary N) is 1. The van der Waals surface area contributed by atoms with E-state index in [1.54, 1.807) is 41.4 Å².